The summed E-state index contributed by atoms with van der Waals surface area (Å²) in [7, 11) is 2.09. The van der Waals surface area contributed by atoms with Crippen molar-refractivity contribution in [1.29, 1.82) is 0 Å². The number of aromatic nitrogens is 2. The Kier molecular flexibility index (Phi) is 4.23. The minimum absolute atomic E-state index is 0.863. The van der Waals surface area contributed by atoms with Gasteiger partial charge in [-0.15, -0.1) is 11.3 Å². The third-order valence-electron chi connectivity index (χ3n) is 2.64. The topological polar surface area (TPSA) is 29.0 Å². The van der Waals surface area contributed by atoms with Crippen LogP contribution in [0.3, 0.4) is 0 Å². The van der Waals surface area contributed by atoms with Crippen LogP contribution >= 0.6 is 11.3 Å². The maximum absolute atomic E-state index is 4.46. The maximum atomic E-state index is 4.46. The van der Waals surface area contributed by atoms with Crippen molar-refractivity contribution in [2.75, 3.05) is 7.05 Å². The van der Waals surface area contributed by atoms with Crippen molar-refractivity contribution in [3.8, 4) is 0 Å². The lowest BCUT2D eigenvalue weighted by atomic mass is 10.2. The van der Waals surface area contributed by atoms with Crippen molar-refractivity contribution in [2.45, 2.75) is 26.4 Å². The lowest BCUT2D eigenvalue weighted by Crippen LogP contribution is -2.18. The molecule has 0 bridgehead atoms. The molecular weight excluding hydrogens is 230 g/mol. The highest BCUT2D eigenvalue weighted by Crippen LogP contribution is 2.08. The van der Waals surface area contributed by atoms with Crippen LogP contribution in [-0.4, -0.2) is 21.9 Å². The van der Waals surface area contributed by atoms with E-state index in [4.69, 9.17) is 0 Å². The highest BCUT2D eigenvalue weighted by molar-refractivity contribution is 7.07. The first kappa shape index (κ1) is 12.2. The zero-order valence-electron chi connectivity index (χ0n) is 10.3. The van der Waals surface area contributed by atoms with Gasteiger partial charge in [0.15, 0.2) is 0 Å². The van der Waals surface area contributed by atoms with Gasteiger partial charge in [-0.25, -0.2) is 4.98 Å². The van der Waals surface area contributed by atoms with E-state index in [0.717, 1.165) is 30.9 Å². The van der Waals surface area contributed by atoms with Gasteiger partial charge in [0.1, 0.15) is 0 Å². The van der Waals surface area contributed by atoms with Crippen LogP contribution in [0.2, 0.25) is 0 Å². The summed E-state index contributed by atoms with van der Waals surface area (Å²) in [4.78, 5) is 11.0. The van der Waals surface area contributed by atoms with E-state index in [1.807, 2.05) is 11.7 Å². The van der Waals surface area contributed by atoms with E-state index in [-0.39, 0.29) is 0 Å². The van der Waals surface area contributed by atoms with E-state index >= 15 is 0 Å². The van der Waals surface area contributed by atoms with Gasteiger partial charge < -0.3 is 0 Å². The largest absolute Gasteiger partial charge is 0.295 e. The number of hydrogen-bond donors (Lipinski definition) is 0. The normalized spacial score (nSPS) is 11.0. The predicted octanol–water partition coefficient (Wildman–Crippen LogP) is 2.73. The van der Waals surface area contributed by atoms with E-state index < -0.39 is 0 Å². The molecule has 0 aliphatic rings. The monoisotopic (exact) mass is 247 g/mol. The fourth-order valence-electron chi connectivity index (χ4n) is 1.68. The number of rotatable bonds is 5. The third kappa shape index (κ3) is 3.61. The molecule has 4 heteroatoms. The van der Waals surface area contributed by atoms with Gasteiger partial charge in [0.05, 0.1) is 16.9 Å². The first-order valence-electron chi connectivity index (χ1n) is 5.77. The van der Waals surface area contributed by atoms with Crippen LogP contribution in [0.4, 0.5) is 0 Å². The van der Waals surface area contributed by atoms with Gasteiger partial charge in [-0.05, 0) is 25.1 Å². The molecule has 17 heavy (non-hydrogen) atoms. The quantitative estimate of drug-likeness (QED) is 0.813. The highest BCUT2D eigenvalue weighted by atomic mass is 32.1. The standard InChI is InChI=1S/C13H17N3S/c1-3-11-4-5-12(14-6-11)7-16(2)8-13-9-17-10-15-13/h4-6,9-10H,3,7-8H2,1-2H3. The van der Waals surface area contributed by atoms with Crippen LogP contribution in [0.15, 0.2) is 29.2 Å². The summed E-state index contributed by atoms with van der Waals surface area (Å²) in [6.07, 6.45) is 3.01. The second kappa shape index (κ2) is 5.89. The summed E-state index contributed by atoms with van der Waals surface area (Å²) in [6.45, 7) is 3.88. The summed E-state index contributed by atoms with van der Waals surface area (Å²) in [5.74, 6) is 0. The molecule has 0 aliphatic carbocycles. The average Bonchev–Trinajstić information content (AvgIpc) is 2.82. The van der Waals surface area contributed by atoms with Crippen molar-refractivity contribution in [3.05, 3.63) is 46.2 Å². The molecule has 2 aromatic heterocycles. The molecule has 0 aliphatic heterocycles. The fraction of sp³-hybridized carbons (Fsp3) is 0.385. The predicted molar refractivity (Wildman–Crippen MR) is 70.9 cm³/mol. The number of aryl methyl sites for hydroxylation is 1. The lowest BCUT2D eigenvalue weighted by Gasteiger charge is -2.14. The molecule has 0 amide bonds. The Morgan fingerprint density at radius 1 is 1.18 bits per heavy atom. The summed E-state index contributed by atoms with van der Waals surface area (Å²) < 4.78 is 0. The van der Waals surface area contributed by atoms with Gasteiger partial charge in [0, 0.05) is 24.7 Å². The molecule has 0 saturated heterocycles. The van der Waals surface area contributed by atoms with Crippen LogP contribution in [0, 0.1) is 0 Å². The van der Waals surface area contributed by atoms with Gasteiger partial charge in [-0.1, -0.05) is 13.0 Å². The molecule has 0 atom stereocenters. The van der Waals surface area contributed by atoms with E-state index in [0.29, 0.717) is 0 Å². The first-order valence-corrected chi connectivity index (χ1v) is 6.71. The van der Waals surface area contributed by atoms with Crippen LogP contribution in [0.5, 0.6) is 0 Å². The Hall–Kier alpha value is -1.26. The number of nitrogens with zero attached hydrogens (tertiary/aromatic N) is 3. The Labute approximate surface area is 106 Å². The molecule has 3 nitrogen and oxygen atoms in total. The van der Waals surface area contributed by atoms with Crippen LogP contribution in [-0.2, 0) is 19.5 Å². The van der Waals surface area contributed by atoms with Crippen molar-refractivity contribution in [1.82, 2.24) is 14.9 Å². The first-order chi connectivity index (χ1) is 8.28. The molecule has 0 N–H and O–H groups in total. The Morgan fingerprint density at radius 3 is 2.59 bits per heavy atom. The minimum Gasteiger partial charge on any atom is -0.295 e. The van der Waals surface area contributed by atoms with Crippen molar-refractivity contribution < 1.29 is 0 Å². The van der Waals surface area contributed by atoms with E-state index in [1.54, 1.807) is 11.3 Å². The van der Waals surface area contributed by atoms with Crippen LogP contribution in [0.1, 0.15) is 23.9 Å². The number of thiazole rings is 1. The summed E-state index contributed by atoms with van der Waals surface area (Å²) in [5.41, 5.74) is 5.40. The van der Waals surface area contributed by atoms with E-state index in [2.05, 4.69) is 46.4 Å². The second-order valence-electron chi connectivity index (χ2n) is 4.16. The van der Waals surface area contributed by atoms with Gasteiger partial charge in [-0.2, -0.15) is 0 Å². The highest BCUT2D eigenvalue weighted by Gasteiger charge is 2.04. The van der Waals surface area contributed by atoms with Gasteiger partial charge in [-0.3, -0.25) is 9.88 Å². The SMILES string of the molecule is CCc1ccc(CN(C)Cc2cscn2)nc1. The minimum atomic E-state index is 0.863. The van der Waals surface area contributed by atoms with Crippen LogP contribution in [0.25, 0.3) is 0 Å². The molecule has 0 spiro atoms. The zero-order valence-corrected chi connectivity index (χ0v) is 11.1. The summed E-state index contributed by atoms with van der Waals surface area (Å²) in [5, 5.41) is 2.09. The summed E-state index contributed by atoms with van der Waals surface area (Å²) in [6, 6.07) is 4.26. The molecule has 0 unspecified atom stereocenters. The van der Waals surface area contributed by atoms with Crippen molar-refractivity contribution in [2.24, 2.45) is 0 Å². The van der Waals surface area contributed by atoms with Gasteiger partial charge in [0.2, 0.25) is 0 Å². The van der Waals surface area contributed by atoms with E-state index in [1.165, 1.54) is 5.56 Å². The van der Waals surface area contributed by atoms with Crippen molar-refractivity contribution >= 4 is 11.3 Å². The lowest BCUT2D eigenvalue weighted by molar-refractivity contribution is 0.312. The van der Waals surface area contributed by atoms with Gasteiger partial charge in [0.25, 0.3) is 0 Å². The number of hydrogen-bond acceptors (Lipinski definition) is 4. The Morgan fingerprint density at radius 2 is 2.00 bits per heavy atom. The average molecular weight is 247 g/mol. The van der Waals surface area contributed by atoms with E-state index in [9.17, 15) is 0 Å². The van der Waals surface area contributed by atoms with Crippen molar-refractivity contribution in [3.63, 3.8) is 0 Å². The molecule has 2 heterocycles. The third-order valence-corrected chi connectivity index (χ3v) is 3.28. The molecular formula is C13H17N3S. The maximum Gasteiger partial charge on any atom is 0.0795 e. The molecule has 0 fully saturated rings. The number of pyridine rings is 1. The molecule has 2 rings (SSSR count). The summed E-state index contributed by atoms with van der Waals surface area (Å²) >= 11 is 1.64. The Bertz CT molecular complexity index is 436. The molecule has 2 aromatic rings. The zero-order chi connectivity index (χ0) is 12.1. The smallest absolute Gasteiger partial charge is 0.0795 e. The van der Waals surface area contributed by atoms with Gasteiger partial charge >= 0.3 is 0 Å². The van der Waals surface area contributed by atoms with Crippen LogP contribution < -0.4 is 0 Å². The molecule has 0 radical (unpaired) electrons. The fourth-order valence-corrected chi connectivity index (χ4v) is 2.23. The molecule has 90 valence electrons. The molecule has 0 saturated carbocycles. The Balaban J connectivity index is 1.91. The second-order valence-corrected chi connectivity index (χ2v) is 4.88. The molecule has 0 aromatic carbocycles.